The van der Waals surface area contributed by atoms with Crippen LogP contribution in [0.2, 0.25) is 0 Å². The monoisotopic (exact) mass is 390 g/mol. The van der Waals surface area contributed by atoms with Gasteiger partial charge in [0.05, 0.1) is 18.4 Å². The number of hydrogen-bond donors (Lipinski definition) is 4. The summed E-state index contributed by atoms with van der Waals surface area (Å²) >= 11 is 0. The number of imidazole rings is 1. The number of ether oxygens (including phenoxy) is 1. The van der Waals surface area contributed by atoms with Crippen molar-refractivity contribution in [1.82, 2.24) is 19.9 Å². The van der Waals surface area contributed by atoms with E-state index in [0.717, 1.165) is 5.75 Å². The van der Waals surface area contributed by atoms with Gasteiger partial charge in [0.1, 0.15) is 17.9 Å². The number of aromatic nitrogens is 4. The Morgan fingerprint density at radius 3 is 2.79 bits per heavy atom. The van der Waals surface area contributed by atoms with Crippen molar-refractivity contribution in [1.29, 1.82) is 0 Å². The number of carboxylic acids is 1. The molecular formula is C20H18N6O3. The molecule has 29 heavy (non-hydrogen) atoms. The fraction of sp³-hybridized carbons (Fsp3) is 0.100. The molecule has 9 nitrogen and oxygen atoms in total. The van der Waals surface area contributed by atoms with Crippen molar-refractivity contribution >= 4 is 34.6 Å². The lowest BCUT2D eigenvalue weighted by Crippen LogP contribution is -2.14. The van der Waals surface area contributed by atoms with Gasteiger partial charge >= 0.3 is 5.97 Å². The second-order valence-electron chi connectivity index (χ2n) is 6.10. The summed E-state index contributed by atoms with van der Waals surface area (Å²) in [5, 5.41) is 15.4. The van der Waals surface area contributed by atoms with Crippen LogP contribution in [0.4, 0.5) is 17.5 Å². The molecule has 0 spiro atoms. The summed E-state index contributed by atoms with van der Waals surface area (Å²) in [6.07, 6.45) is 1.53. The minimum Gasteiger partial charge on any atom is -0.492 e. The Kier molecular flexibility index (Phi) is 5.19. The standard InChI is InChI=1S/C20H18N6O3/c27-19(28)13-5-4-6-14(11-13)24-18-16-17(23-12-22-16)25-20(26-18)21-9-10-29-15-7-2-1-3-8-15/h1-8,11-12H,9-10H2,(H,27,28)(H3,21,22,23,24,25,26). The first kappa shape index (κ1) is 18.2. The van der Waals surface area contributed by atoms with E-state index >= 15 is 0 Å². The molecule has 4 rings (SSSR count). The van der Waals surface area contributed by atoms with Gasteiger partial charge in [0.25, 0.3) is 0 Å². The fourth-order valence-corrected chi connectivity index (χ4v) is 2.72. The van der Waals surface area contributed by atoms with Crippen molar-refractivity contribution in [2.75, 3.05) is 23.8 Å². The van der Waals surface area contributed by atoms with Crippen LogP contribution < -0.4 is 15.4 Å². The SMILES string of the molecule is O=C(O)c1cccc(Nc2nc(NCCOc3ccccc3)nc3nc[nH]c23)c1. The predicted molar refractivity (Wildman–Crippen MR) is 109 cm³/mol. The molecular weight excluding hydrogens is 372 g/mol. The number of rotatable bonds is 8. The third-order valence-corrected chi connectivity index (χ3v) is 4.06. The van der Waals surface area contributed by atoms with Crippen LogP contribution in [0.15, 0.2) is 60.9 Å². The van der Waals surface area contributed by atoms with Crippen LogP contribution in [0.25, 0.3) is 11.2 Å². The Balaban J connectivity index is 1.48. The summed E-state index contributed by atoms with van der Waals surface area (Å²) in [6, 6.07) is 16.0. The van der Waals surface area contributed by atoms with Crippen molar-refractivity contribution in [3.8, 4) is 5.75 Å². The Bertz CT molecular complexity index is 1130. The summed E-state index contributed by atoms with van der Waals surface area (Å²) in [6.45, 7) is 0.939. The molecule has 0 aliphatic rings. The van der Waals surface area contributed by atoms with E-state index < -0.39 is 5.97 Å². The lowest BCUT2D eigenvalue weighted by molar-refractivity contribution is 0.0697. The van der Waals surface area contributed by atoms with E-state index in [1.165, 1.54) is 18.5 Å². The average Bonchev–Trinajstić information content (AvgIpc) is 3.21. The molecule has 2 heterocycles. The Morgan fingerprint density at radius 1 is 1.10 bits per heavy atom. The van der Waals surface area contributed by atoms with E-state index in [1.807, 2.05) is 30.3 Å². The van der Waals surface area contributed by atoms with Crippen LogP contribution >= 0.6 is 0 Å². The molecule has 0 radical (unpaired) electrons. The molecule has 0 atom stereocenters. The number of para-hydroxylation sites is 1. The van der Waals surface area contributed by atoms with Crippen molar-refractivity contribution in [2.24, 2.45) is 0 Å². The zero-order chi connectivity index (χ0) is 20.1. The maximum absolute atomic E-state index is 11.2. The Hall–Kier alpha value is -4.14. The van der Waals surface area contributed by atoms with Gasteiger partial charge in [-0.2, -0.15) is 9.97 Å². The third-order valence-electron chi connectivity index (χ3n) is 4.06. The number of nitrogens with one attached hydrogen (secondary N) is 3. The second kappa shape index (κ2) is 8.26. The van der Waals surface area contributed by atoms with Crippen LogP contribution in [0.3, 0.4) is 0 Å². The normalized spacial score (nSPS) is 10.6. The van der Waals surface area contributed by atoms with E-state index in [2.05, 4.69) is 30.6 Å². The molecule has 4 aromatic rings. The van der Waals surface area contributed by atoms with Gasteiger partial charge in [-0.25, -0.2) is 9.78 Å². The van der Waals surface area contributed by atoms with Gasteiger partial charge < -0.3 is 25.5 Å². The smallest absolute Gasteiger partial charge is 0.335 e. The topological polar surface area (TPSA) is 125 Å². The number of aromatic amines is 1. The quantitative estimate of drug-likeness (QED) is 0.338. The molecule has 0 bridgehead atoms. The van der Waals surface area contributed by atoms with E-state index in [-0.39, 0.29) is 5.56 Å². The molecule has 0 amide bonds. The summed E-state index contributed by atoms with van der Waals surface area (Å²) < 4.78 is 5.65. The first-order valence-electron chi connectivity index (χ1n) is 8.92. The predicted octanol–water partition coefficient (Wildman–Crippen LogP) is 3.29. The molecule has 0 saturated heterocycles. The minimum absolute atomic E-state index is 0.182. The molecule has 0 aliphatic heterocycles. The highest BCUT2D eigenvalue weighted by atomic mass is 16.5. The number of carboxylic acid groups (broad SMARTS) is 1. The van der Waals surface area contributed by atoms with Gasteiger partial charge in [-0.3, -0.25) is 0 Å². The van der Waals surface area contributed by atoms with E-state index in [9.17, 15) is 4.79 Å². The average molecular weight is 390 g/mol. The van der Waals surface area contributed by atoms with Gasteiger partial charge in [0, 0.05) is 5.69 Å². The highest BCUT2D eigenvalue weighted by Gasteiger charge is 2.11. The van der Waals surface area contributed by atoms with Crippen molar-refractivity contribution in [3.63, 3.8) is 0 Å². The number of fused-ring (bicyclic) bond motifs is 1. The number of nitrogens with zero attached hydrogens (tertiary/aromatic N) is 3. The summed E-state index contributed by atoms with van der Waals surface area (Å²) in [5.41, 5.74) is 1.89. The molecule has 0 saturated carbocycles. The molecule has 0 unspecified atom stereocenters. The lowest BCUT2D eigenvalue weighted by atomic mass is 10.2. The molecule has 2 aromatic carbocycles. The fourth-order valence-electron chi connectivity index (χ4n) is 2.72. The number of H-pyrrole nitrogens is 1. The summed E-state index contributed by atoms with van der Waals surface area (Å²) in [7, 11) is 0. The zero-order valence-electron chi connectivity index (χ0n) is 15.3. The van der Waals surface area contributed by atoms with Crippen LogP contribution in [0.5, 0.6) is 5.75 Å². The second-order valence-corrected chi connectivity index (χ2v) is 6.10. The van der Waals surface area contributed by atoms with Crippen LogP contribution in [-0.4, -0.2) is 44.2 Å². The summed E-state index contributed by atoms with van der Waals surface area (Å²) in [5.74, 6) is 0.669. The highest BCUT2D eigenvalue weighted by molar-refractivity contribution is 5.90. The number of benzene rings is 2. The summed E-state index contributed by atoms with van der Waals surface area (Å²) in [4.78, 5) is 27.2. The van der Waals surface area contributed by atoms with Gasteiger partial charge in [-0.15, -0.1) is 0 Å². The number of carbonyl (C=O) groups is 1. The zero-order valence-corrected chi connectivity index (χ0v) is 15.3. The first-order chi connectivity index (χ1) is 14.2. The van der Waals surface area contributed by atoms with Gasteiger partial charge in [0.2, 0.25) is 5.95 Å². The Morgan fingerprint density at radius 2 is 1.97 bits per heavy atom. The Labute approximate surface area is 165 Å². The molecule has 4 N–H and O–H groups in total. The van der Waals surface area contributed by atoms with E-state index in [1.54, 1.807) is 12.1 Å². The lowest BCUT2D eigenvalue weighted by Gasteiger charge is -2.11. The molecule has 146 valence electrons. The number of aromatic carboxylic acids is 1. The highest BCUT2D eigenvalue weighted by Crippen LogP contribution is 2.23. The molecule has 0 aliphatic carbocycles. The van der Waals surface area contributed by atoms with Crippen molar-refractivity contribution in [2.45, 2.75) is 0 Å². The van der Waals surface area contributed by atoms with E-state index in [0.29, 0.717) is 41.8 Å². The maximum Gasteiger partial charge on any atom is 0.335 e. The largest absolute Gasteiger partial charge is 0.492 e. The van der Waals surface area contributed by atoms with Crippen LogP contribution in [0.1, 0.15) is 10.4 Å². The minimum atomic E-state index is -0.996. The molecule has 0 fully saturated rings. The number of anilines is 3. The van der Waals surface area contributed by atoms with Crippen LogP contribution in [0, 0.1) is 0 Å². The van der Waals surface area contributed by atoms with E-state index in [4.69, 9.17) is 9.84 Å². The third kappa shape index (κ3) is 4.41. The number of hydrogen-bond acceptors (Lipinski definition) is 7. The first-order valence-corrected chi connectivity index (χ1v) is 8.92. The van der Waals surface area contributed by atoms with Crippen LogP contribution in [-0.2, 0) is 0 Å². The van der Waals surface area contributed by atoms with Gasteiger partial charge in [-0.1, -0.05) is 24.3 Å². The van der Waals surface area contributed by atoms with Gasteiger partial charge in [-0.05, 0) is 30.3 Å². The van der Waals surface area contributed by atoms with Gasteiger partial charge in [0.15, 0.2) is 11.5 Å². The maximum atomic E-state index is 11.2. The molecule has 2 aromatic heterocycles. The molecule has 9 heteroatoms. The van der Waals surface area contributed by atoms with Crippen molar-refractivity contribution < 1.29 is 14.6 Å². The van der Waals surface area contributed by atoms with Crippen molar-refractivity contribution in [3.05, 3.63) is 66.5 Å².